The molecule has 1 N–H and O–H groups in total. The molecular formula is C18H26N2O. The van der Waals surface area contributed by atoms with Crippen LogP contribution in [0.4, 0.5) is 0 Å². The Labute approximate surface area is 127 Å². The molecule has 114 valence electrons. The maximum Gasteiger partial charge on any atom is 0.0721 e. The van der Waals surface area contributed by atoms with E-state index in [1.807, 2.05) is 0 Å². The lowest BCUT2D eigenvalue weighted by atomic mass is 9.74. The topological polar surface area (TPSA) is 24.5 Å². The first-order valence-corrected chi connectivity index (χ1v) is 8.47. The van der Waals surface area contributed by atoms with Crippen LogP contribution in [0.3, 0.4) is 0 Å². The first-order chi connectivity index (χ1) is 10.4. The van der Waals surface area contributed by atoms with E-state index in [0.717, 1.165) is 13.2 Å². The van der Waals surface area contributed by atoms with Crippen molar-refractivity contribution in [1.82, 2.24) is 10.2 Å². The summed E-state index contributed by atoms with van der Waals surface area (Å²) in [6.07, 6.45) is 5.46. The van der Waals surface area contributed by atoms with Gasteiger partial charge in [0, 0.05) is 13.1 Å². The number of hydrogen-bond donors (Lipinski definition) is 1. The van der Waals surface area contributed by atoms with Crippen molar-refractivity contribution in [1.29, 1.82) is 0 Å². The van der Waals surface area contributed by atoms with E-state index in [9.17, 15) is 0 Å². The van der Waals surface area contributed by atoms with Gasteiger partial charge in [0.05, 0.1) is 19.3 Å². The van der Waals surface area contributed by atoms with E-state index in [1.165, 1.54) is 63.0 Å². The third-order valence-electron chi connectivity index (χ3n) is 5.64. The summed E-state index contributed by atoms with van der Waals surface area (Å²) in [6, 6.07) is 9.31. The van der Waals surface area contributed by atoms with Crippen LogP contribution in [-0.4, -0.2) is 37.7 Å². The maximum atomic E-state index is 5.88. The molecule has 0 bridgehead atoms. The number of rotatable bonds is 1. The van der Waals surface area contributed by atoms with Gasteiger partial charge in [0.25, 0.3) is 0 Å². The summed E-state index contributed by atoms with van der Waals surface area (Å²) in [5, 5.41) is 3.63. The second-order valence-electron chi connectivity index (χ2n) is 7.08. The number of benzene rings is 1. The monoisotopic (exact) mass is 286 g/mol. The quantitative estimate of drug-likeness (QED) is 0.859. The summed E-state index contributed by atoms with van der Waals surface area (Å²) >= 11 is 0. The van der Waals surface area contributed by atoms with Crippen LogP contribution in [0.25, 0.3) is 0 Å². The minimum atomic E-state index is 0.467. The first kappa shape index (κ1) is 13.7. The van der Waals surface area contributed by atoms with Gasteiger partial charge in [0.1, 0.15) is 0 Å². The number of hydrogen-bond acceptors (Lipinski definition) is 3. The Morgan fingerprint density at radius 1 is 1.19 bits per heavy atom. The maximum absolute atomic E-state index is 5.88. The van der Waals surface area contributed by atoms with E-state index in [2.05, 4.69) is 34.5 Å². The van der Waals surface area contributed by atoms with Gasteiger partial charge in [-0.25, -0.2) is 0 Å². The molecule has 2 atom stereocenters. The second kappa shape index (κ2) is 5.71. The van der Waals surface area contributed by atoms with Crippen LogP contribution in [0.1, 0.15) is 42.9 Å². The lowest BCUT2D eigenvalue weighted by Crippen LogP contribution is -2.52. The van der Waals surface area contributed by atoms with Gasteiger partial charge in [-0.05, 0) is 55.3 Å². The van der Waals surface area contributed by atoms with Gasteiger partial charge in [-0.3, -0.25) is 4.90 Å². The van der Waals surface area contributed by atoms with Crippen LogP contribution in [-0.2, 0) is 11.3 Å². The highest BCUT2D eigenvalue weighted by Gasteiger charge is 2.39. The Balaban J connectivity index is 1.56. The number of ether oxygens (including phenoxy) is 1. The van der Waals surface area contributed by atoms with E-state index in [1.54, 1.807) is 0 Å². The molecule has 3 heteroatoms. The summed E-state index contributed by atoms with van der Waals surface area (Å²) in [4.78, 5) is 2.70. The van der Waals surface area contributed by atoms with E-state index >= 15 is 0 Å². The standard InChI is InChI=1S/C18H26N2O/c1-2-6-16-15(5-1)11-21-12-17(16)20-10-4-8-18(14-20)7-3-9-19-13-18/h1-2,5-6,17,19H,3-4,7-14H2. The molecule has 0 saturated carbocycles. The zero-order chi connectivity index (χ0) is 14.1. The molecule has 0 aromatic heterocycles. The fraction of sp³-hybridized carbons (Fsp3) is 0.667. The molecule has 3 aliphatic rings. The number of nitrogens with one attached hydrogen (secondary N) is 1. The van der Waals surface area contributed by atoms with E-state index in [0.29, 0.717) is 11.5 Å². The first-order valence-electron chi connectivity index (χ1n) is 8.47. The smallest absolute Gasteiger partial charge is 0.0721 e. The SMILES string of the molecule is c1ccc2c(c1)COCC2N1CCCC2(CCCNC2)C1. The highest BCUT2D eigenvalue weighted by atomic mass is 16.5. The van der Waals surface area contributed by atoms with E-state index in [-0.39, 0.29) is 0 Å². The molecule has 4 rings (SSSR count). The Hall–Kier alpha value is -0.900. The van der Waals surface area contributed by atoms with Crippen molar-refractivity contribution in [3.05, 3.63) is 35.4 Å². The normalized spacial score (nSPS) is 33.8. The van der Waals surface area contributed by atoms with Crippen molar-refractivity contribution in [2.45, 2.75) is 38.3 Å². The fourth-order valence-corrected chi connectivity index (χ4v) is 4.55. The van der Waals surface area contributed by atoms with Gasteiger partial charge in [0.15, 0.2) is 0 Å². The van der Waals surface area contributed by atoms with Gasteiger partial charge in [-0.1, -0.05) is 24.3 Å². The third-order valence-corrected chi connectivity index (χ3v) is 5.64. The molecule has 1 aromatic carbocycles. The minimum absolute atomic E-state index is 0.467. The van der Waals surface area contributed by atoms with Crippen molar-refractivity contribution in [3.63, 3.8) is 0 Å². The molecule has 3 heterocycles. The molecule has 0 aliphatic carbocycles. The van der Waals surface area contributed by atoms with Crippen molar-refractivity contribution < 1.29 is 4.74 Å². The van der Waals surface area contributed by atoms with Gasteiger partial charge in [-0.2, -0.15) is 0 Å². The van der Waals surface area contributed by atoms with Crippen LogP contribution in [0, 0.1) is 5.41 Å². The molecule has 1 spiro atoms. The van der Waals surface area contributed by atoms with Crippen molar-refractivity contribution in [2.24, 2.45) is 5.41 Å². The molecular weight excluding hydrogens is 260 g/mol. The molecule has 3 aliphatic heterocycles. The lowest BCUT2D eigenvalue weighted by Gasteiger charge is -2.48. The molecule has 2 saturated heterocycles. The van der Waals surface area contributed by atoms with Gasteiger partial charge >= 0.3 is 0 Å². The Morgan fingerprint density at radius 2 is 2.10 bits per heavy atom. The average molecular weight is 286 g/mol. The number of likely N-dealkylation sites (tertiary alicyclic amines) is 1. The largest absolute Gasteiger partial charge is 0.375 e. The third kappa shape index (κ3) is 2.63. The Kier molecular flexibility index (Phi) is 3.74. The second-order valence-corrected chi connectivity index (χ2v) is 7.08. The average Bonchev–Trinajstić information content (AvgIpc) is 2.55. The predicted octanol–water partition coefficient (Wildman–Crippen LogP) is 2.72. The minimum Gasteiger partial charge on any atom is -0.375 e. The van der Waals surface area contributed by atoms with Gasteiger partial charge < -0.3 is 10.1 Å². The summed E-state index contributed by atoms with van der Waals surface area (Å²) in [5.41, 5.74) is 3.41. The summed E-state index contributed by atoms with van der Waals surface area (Å²) < 4.78 is 5.88. The predicted molar refractivity (Wildman–Crippen MR) is 84.2 cm³/mol. The van der Waals surface area contributed by atoms with E-state index < -0.39 is 0 Å². The van der Waals surface area contributed by atoms with Crippen LogP contribution in [0.2, 0.25) is 0 Å². The zero-order valence-electron chi connectivity index (χ0n) is 12.8. The van der Waals surface area contributed by atoms with Crippen molar-refractivity contribution in [3.8, 4) is 0 Å². The summed E-state index contributed by atoms with van der Waals surface area (Å²) in [7, 11) is 0. The Bertz CT molecular complexity index is 490. The molecule has 21 heavy (non-hydrogen) atoms. The molecule has 0 amide bonds. The van der Waals surface area contributed by atoms with Crippen LogP contribution in [0.15, 0.2) is 24.3 Å². The van der Waals surface area contributed by atoms with Crippen LogP contribution < -0.4 is 5.32 Å². The number of fused-ring (bicyclic) bond motifs is 1. The van der Waals surface area contributed by atoms with E-state index in [4.69, 9.17) is 4.74 Å². The van der Waals surface area contributed by atoms with Crippen molar-refractivity contribution in [2.75, 3.05) is 32.8 Å². The Morgan fingerprint density at radius 3 is 3.00 bits per heavy atom. The number of nitrogens with zero attached hydrogens (tertiary/aromatic N) is 1. The summed E-state index contributed by atoms with van der Waals surface area (Å²) in [5.74, 6) is 0. The highest BCUT2D eigenvalue weighted by molar-refractivity contribution is 5.31. The molecule has 0 radical (unpaired) electrons. The molecule has 1 aromatic rings. The van der Waals surface area contributed by atoms with Crippen molar-refractivity contribution >= 4 is 0 Å². The molecule has 2 unspecified atom stereocenters. The van der Waals surface area contributed by atoms with Crippen LogP contribution in [0.5, 0.6) is 0 Å². The number of piperidine rings is 2. The summed E-state index contributed by atoms with van der Waals surface area (Å²) in [6.45, 7) is 6.52. The molecule has 3 nitrogen and oxygen atoms in total. The molecule has 2 fully saturated rings. The van der Waals surface area contributed by atoms with Crippen LogP contribution >= 0.6 is 0 Å². The fourth-order valence-electron chi connectivity index (χ4n) is 4.55. The van der Waals surface area contributed by atoms with Gasteiger partial charge in [0.2, 0.25) is 0 Å². The zero-order valence-corrected chi connectivity index (χ0v) is 12.8. The van der Waals surface area contributed by atoms with Gasteiger partial charge in [-0.15, -0.1) is 0 Å². The highest BCUT2D eigenvalue weighted by Crippen LogP contribution is 2.40. The lowest BCUT2D eigenvalue weighted by molar-refractivity contribution is -0.0149.